The Morgan fingerprint density at radius 2 is 1.21 bits per heavy atom. The minimum absolute atomic E-state index is 0.143. The van der Waals surface area contributed by atoms with Gasteiger partial charge in [0.05, 0.1) is 12.3 Å². The highest BCUT2D eigenvalue weighted by Crippen LogP contribution is 2.18. The van der Waals surface area contributed by atoms with Gasteiger partial charge in [-0.1, -0.05) is 95.8 Å². The normalized spacial score (nSPS) is 11.7. The minimum atomic E-state index is -0.947. The molecule has 4 nitrogen and oxygen atoms in total. The Bertz CT molecular complexity index is 417. The zero-order chi connectivity index (χ0) is 20.9. The number of hydrogen-bond acceptors (Lipinski definition) is 3. The smallest absolute Gasteiger partial charge is 0.309 e. The number of carbonyl (C=O) groups is 2. The maximum atomic E-state index is 11.9. The molecule has 0 saturated heterocycles. The van der Waals surface area contributed by atoms with Crippen LogP contribution in [-0.2, 0) is 14.3 Å². The summed E-state index contributed by atoms with van der Waals surface area (Å²) in [4.78, 5) is 22.8. The van der Waals surface area contributed by atoms with Crippen molar-refractivity contribution in [3.05, 3.63) is 25.3 Å². The second kappa shape index (κ2) is 20.2. The first-order chi connectivity index (χ1) is 13.6. The number of unbranched alkanes of at least 4 members (excludes halogenated alkanes) is 13. The lowest BCUT2D eigenvalue weighted by Gasteiger charge is -2.13. The summed E-state index contributed by atoms with van der Waals surface area (Å²) in [5, 5.41) is 8.95. The topological polar surface area (TPSA) is 63.6 Å². The number of hydrogen-bond donors (Lipinski definition) is 1. The molecule has 0 bridgehead atoms. The molecule has 0 aliphatic rings. The highest BCUT2D eigenvalue weighted by atomic mass is 16.5. The van der Waals surface area contributed by atoms with Crippen LogP contribution < -0.4 is 0 Å². The maximum Gasteiger partial charge on any atom is 0.309 e. The molecule has 0 fully saturated rings. The predicted octanol–water partition coefficient (Wildman–Crippen LogP) is 6.84. The Morgan fingerprint density at radius 1 is 0.750 bits per heavy atom. The average Bonchev–Trinajstić information content (AvgIpc) is 2.67. The molecule has 0 aromatic heterocycles. The number of aliphatic carboxylic acids is 1. The van der Waals surface area contributed by atoms with Crippen LogP contribution in [0.2, 0.25) is 0 Å². The van der Waals surface area contributed by atoms with E-state index in [4.69, 9.17) is 9.84 Å². The monoisotopic (exact) mass is 394 g/mol. The molecule has 0 aliphatic heterocycles. The Morgan fingerprint density at radius 3 is 1.64 bits per heavy atom. The van der Waals surface area contributed by atoms with E-state index in [-0.39, 0.29) is 13.0 Å². The summed E-state index contributed by atoms with van der Waals surface area (Å²) in [7, 11) is 0. The summed E-state index contributed by atoms with van der Waals surface area (Å²) in [6.45, 7) is 7.40. The van der Waals surface area contributed by atoms with Crippen LogP contribution in [0.15, 0.2) is 25.3 Å². The van der Waals surface area contributed by atoms with Gasteiger partial charge in [0.15, 0.2) is 0 Å². The molecule has 28 heavy (non-hydrogen) atoms. The van der Waals surface area contributed by atoms with E-state index in [1.165, 1.54) is 70.3 Å². The fourth-order valence-electron chi connectivity index (χ4n) is 3.40. The van der Waals surface area contributed by atoms with Gasteiger partial charge in [-0.2, -0.15) is 0 Å². The summed E-state index contributed by atoms with van der Waals surface area (Å²) < 4.78 is 5.00. The number of rotatable bonds is 21. The number of ether oxygens (including phenoxy) is 1. The summed E-state index contributed by atoms with van der Waals surface area (Å²) in [5.41, 5.74) is 0. The van der Waals surface area contributed by atoms with Crippen molar-refractivity contribution in [2.24, 2.45) is 5.92 Å². The third-order valence-electron chi connectivity index (χ3n) is 5.06. The molecule has 0 radical (unpaired) electrons. The van der Waals surface area contributed by atoms with Crippen molar-refractivity contribution < 1.29 is 19.4 Å². The zero-order valence-electron chi connectivity index (χ0n) is 17.8. The molecule has 0 amide bonds. The van der Waals surface area contributed by atoms with Crippen LogP contribution in [0, 0.1) is 5.92 Å². The Labute approximate surface area is 172 Å². The molecule has 0 spiro atoms. The van der Waals surface area contributed by atoms with Crippen LogP contribution >= 0.6 is 0 Å². The lowest BCUT2D eigenvalue weighted by atomic mass is 9.97. The van der Waals surface area contributed by atoms with Gasteiger partial charge in [0, 0.05) is 0 Å². The number of allylic oxidation sites excluding steroid dienone is 1. The molecular formula is C24H42O4. The Balaban J connectivity index is 3.52. The molecule has 0 aliphatic carbocycles. The fourth-order valence-corrected chi connectivity index (χ4v) is 3.40. The molecule has 0 rings (SSSR count). The summed E-state index contributed by atoms with van der Waals surface area (Å²) in [5.74, 6) is -1.89. The van der Waals surface area contributed by atoms with Gasteiger partial charge in [-0.05, 0) is 19.3 Å². The minimum Gasteiger partial charge on any atom is -0.481 e. The van der Waals surface area contributed by atoms with Crippen LogP contribution in [0.1, 0.15) is 103 Å². The number of carbonyl (C=O) groups excluding carboxylic acids is 1. The summed E-state index contributed by atoms with van der Waals surface area (Å²) in [6.07, 6.45) is 21.4. The standard InChI is InChI=1S/C24H42O4/c1-3-5-6-7-8-9-10-11-12-13-14-15-16-17-18-19-22(21-23(25)26)24(27)28-20-4-2/h3-4,22H,1-2,5-21H2,(H,25,26). The largest absolute Gasteiger partial charge is 0.481 e. The van der Waals surface area contributed by atoms with Crippen LogP contribution in [0.25, 0.3) is 0 Å². The Kier molecular flexibility index (Phi) is 19.0. The van der Waals surface area contributed by atoms with Crippen molar-refractivity contribution in [2.45, 2.75) is 103 Å². The molecule has 162 valence electrons. The van der Waals surface area contributed by atoms with Crippen molar-refractivity contribution >= 4 is 11.9 Å². The SMILES string of the molecule is C=CCCCCCCCCCCCCCCCC(CC(=O)O)C(=O)OCC=C. The lowest BCUT2D eigenvalue weighted by molar-refractivity contribution is -0.152. The first-order valence-electron chi connectivity index (χ1n) is 11.2. The quantitative estimate of drug-likeness (QED) is 0.131. The van der Waals surface area contributed by atoms with Crippen LogP contribution in [0.3, 0.4) is 0 Å². The number of esters is 1. The van der Waals surface area contributed by atoms with Crippen molar-refractivity contribution in [3.8, 4) is 0 Å². The second-order valence-electron chi connectivity index (χ2n) is 7.68. The van der Waals surface area contributed by atoms with E-state index in [2.05, 4.69) is 13.2 Å². The highest BCUT2D eigenvalue weighted by Gasteiger charge is 2.22. The Hall–Kier alpha value is -1.58. The zero-order valence-corrected chi connectivity index (χ0v) is 17.8. The number of carboxylic acid groups (broad SMARTS) is 1. The molecule has 0 heterocycles. The van der Waals surface area contributed by atoms with Gasteiger partial charge in [-0.3, -0.25) is 9.59 Å². The predicted molar refractivity (Wildman–Crippen MR) is 116 cm³/mol. The van der Waals surface area contributed by atoms with Crippen LogP contribution in [-0.4, -0.2) is 23.7 Å². The van der Waals surface area contributed by atoms with Gasteiger partial charge in [0.1, 0.15) is 6.61 Å². The molecule has 0 saturated carbocycles. The van der Waals surface area contributed by atoms with Crippen molar-refractivity contribution in [2.75, 3.05) is 6.61 Å². The van der Waals surface area contributed by atoms with Gasteiger partial charge < -0.3 is 9.84 Å². The lowest BCUT2D eigenvalue weighted by Crippen LogP contribution is -2.21. The van der Waals surface area contributed by atoms with E-state index >= 15 is 0 Å². The van der Waals surface area contributed by atoms with E-state index < -0.39 is 17.9 Å². The molecule has 0 aromatic carbocycles. The average molecular weight is 395 g/mol. The van der Waals surface area contributed by atoms with E-state index in [0.717, 1.165) is 25.7 Å². The molecule has 4 heteroatoms. The number of carboxylic acids is 1. The first-order valence-corrected chi connectivity index (χ1v) is 11.2. The van der Waals surface area contributed by atoms with Crippen LogP contribution in [0.4, 0.5) is 0 Å². The highest BCUT2D eigenvalue weighted by molar-refractivity contribution is 5.79. The van der Waals surface area contributed by atoms with Crippen molar-refractivity contribution in [1.29, 1.82) is 0 Å². The van der Waals surface area contributed by atoms with E-state index in [1.807, 2.05) is 6.08 Å². The third-order valence-corrected chi connectivity index (χ3v) is 5.06. The van der Waals surface area contributed by atoms with Gasteiger partial charge in [0.2, 0.25) is 0 Å². The second-order valence-corrected chi connectivity index (χ2v) is 7.68. The molecular weight excluding hydrogens is 352 g/mol. The summed E-state index contributed by atoms with van der Waals surface area (Å²) in [6, 6.07) is 0. The van der Waals surface area contributed by atoms with Gasteiger partial charge in [-0.15, -0.1) is 6.58 Å². The maximum absolute atomic E-state index is 11.9. The van der Waals surface area contributed by atoms with E-state index in [1.54, 1.807) is 0 Å². The van der Waals surface area contributed by atoms with Gasteiger partial charge in [-0.25, -0.2) is 0 Å². The fraction of sp³-hybridized carbons (Fsp3) is 0.750. The molecule has 1 N–H and O–H groups in total. The molecule has 0 aromatic rings. The summed E-state index contributed by atoms with van der Waals surface area (Å²) >= 11 is 0. The van der Waals surface area contributed by atoms with Gasteiger partial charge >= 0.3 is 11.9 Å². The molecule has 1 unspecified atom stereocenters. The van der Waals surface area contributed by atoms with Crippen molar-refractivity contribution in [3.63, 3.8) is 0 Å². The third kappa shape index (κ3) is 17.8. The van der Waals surface area contributed by atoms with Crippen LogP contribution in [0.5, 0.6) is 0 Å². The first kappa shape index (κ1) is 26.4. The molecule has 1 atom stereocenters. The van der Waals surface area contributed by atoms with Gasteiger partial charge in [0.25, 0.3) is 0 Å². The van der Waals surface area contributed by atoms with E-state index in [9.17, 15) is 9.59 Å². The van der Waals surface area contributed by atoms with E-state index in [0.29, 0.717) is 6.42 Å². The van der Waals surface area contributed by atoms with Crippen molar-refractivity contribution in [1.82, 2.24) is 0 Å².